The van der Waals surface area contributed by atoms with Crippen molar-refractivity contribution in [2.24, 2.45) is 0 Å². The largest absolute Gasteiger partial charge is 0.394 e. The van der Waals surface area contributed by atoms with Crippen LogP contribution in [-0.2, 0) is 9.53 Å². The number of rotatable bonds is 9. The van der Waals surface area contributed by atoms with Gasteiger partial charge in [-0.15, -0.1) is 0 Å². The average molecular weight is 409 g/mol. The molecule has 0 radical (unpaired) electrons. The molecule has 3 amide bonds. The Labute approximate surface area is 170 Å². The Morgan fingerprint density at radius 3 is 2.66 bits per heavy atom. The van der Waals surface area contributed by atoms with Gasteiger partial charge in [-0.1, -0.05) is 17.3 Å². The van der Waals surface area contributed by atoms with Gasteiger partial charge in [-0.3, -0.25) is 4.79 Å². The second-order valence-corrected chi connectivity index (χ2v) is 7.31. The van der Waals surface area contributed by atoms with Crippen LogP contribution >= 0.6 is 0 Å². The number of aryl methyl sites for hydroxylation is 2. The van der Waals surface area contributed by atoms with Crippen LogP contribution in [0.1, 0.15) is 24.3 Å². The quantitative estimate of drug-likeness (QED) is 0.346. The van der Waals surface area contributed by atoms with Crippen molar-refractivity contribution in [3.63, 3.8) is 0 Å². The SMILES string of the molecule is Cc1noc(C)c1NC(=O)N[C@H]1C=C[C@H](CC(=O)NCCCN(C)C)O[C@@H]1CO. The molecule has 4 N–H and O–H groups in total. The number of aliphatic hydroxyl groups excluding tert-OH is 1. The van der Waals surface area contributed by atoms with Gasteiger partial charge in [0.25, 0.3) is 0 Å². The number of amides is 3. The Morgan fingerprint density at radius 1 is 1.28 bits per heavy atom. The summed E-state index contributed by atoms with van der Waals surface area (Å²) in [6, 6.07) is -0.993. The maximum absolute atomic E-state index is 12.3. The smallest absolute Gasteiger partial charge is 0.319 e. The van der Waals surface area contributed by atoms with E-state index in [0.29, 0.717) is 23.7 Å². The Kier molecular flexibility index (Phi) is 8.62. The third-order valence-electron chi connectivity index (χ3n) is 4.52. The fourth-order valence-electron chi connectivity index (χ4n) is 2.98. The van der Waals surface area contributed by atoms with Crippen LogP contribution in [0.3, 0.4) is 0 Å². The highest BCUT2D eigenvalue weighted by Gasteiger charge is 2.29. The number of carbonyl (C=O) groups excluding carboxylic acids is 2. The molecule has 0 unspecified atom stereocenters. The highest BCUT2D eigenvalue weighted by molar-refractivity contribution is 5.90. The second-order valence-electron chi connectivity index (χ2n) is 7.31. The predicted octanol–water partition coefficient (Wildman–Crippen LogP) is 0.555. The minimum atomic E-state index is -0.651. The Bertz CT molecular complexity index is 698. The van der Waals surface area contributed by atoms with Gasteiger partial charge in [0.2, 0.25) is 5.91 Å². The number of aliphatic hydroxyl groups is 1. The molecule has 0 bridgehead atoms. The van der Waals surface area contributed by atoms with E-state index in [4.69, 9.17) is 9.26 Å². The van der Waals surface area contributed by atoms with E-state index in [2.05, 4.69) is 26.0 Å². The summed E-state index contributed by atoms with van der Waals surface area (Å²) in [7, 11) is 3.97. The van der Waals surface area contributed by atoms with E-state index in [1.807, 2.05) is 14.1 Å². The third-order valence-corrected chi connectivity index (χ3v) is 4.52. The number of hydrogen-bond donors (Lipinski definition) is 4. The molecule has 0 aliphatic carbocycles. The minimum absolute atomic E-state index is 0.113. The first-order chi connectivity index (χ1) is 13.8. The molecule has 3 atom stereocenters. The fourth-order valence-corrected chi connectivity index (χ4v) is 2.98. The maximum atomic E-state index is 12.3. The molecule has 1 aliphatic rings. The van der Waals surface area contributed by atoms with Crippen LogP contribution in [0.25, 0.3) is 0 Å². The van der Waals surface area contributed by atoms with Gasteiger partial charge in [-0.25, -0.2) is 4.79 Å². The van der Waals surface area contributed by atoms with Crippen molar-refractivity contribution in [1.82, 2.24) is 20.7 Å². The van der Waals surface area contributed by atoms with Gasteiger partial charge in [0.1, 0.15) is 17.5 Å². The summed E-state index contributed by atoms with van der Waals surface area (Å²) < 4.78 is 10.8. The van der Waals surface area contributed by atoms with Crippen molar-refractivity contribution in [1.29, 1.82) is 0 Å². The lowest BCUT2D eigenvalue weighted by molar-refractivity contribution is -0.125. The molecule has 1 aliphatic heterocycles. The highest BCUT2D eigenvalue weighted by Crippen LogP contribution is 2.19. The predicted molar refractivity (Wildman–Crippen MR) is 108 cm³/mol. The molecule has 0 spiro atoms. The Morgan fingerprint density at radius 2 is 2.03 bits per heavy atom. The molecule has 162 valence electrons. The Balaban J connectivity index is 1.83. The summed E-state index contributed by atoms with van der Waals surface area (Å²) in [6.45, 7) is 4.63. The van der Waals surface area contributed by atoms with Crippen molar-refractivity contribution >= 4 is 17.6 Å². The normalized spacial score (nSPS) is 21.2. The molecule has 2 rings (SSSR count). The number of ether oxygens (including phenoxy) is 1. The zero-order chi connectivity index (χ0) is 21.4. The summed E-state index contributed by atoms with van der Waals surface area (Å²) in [5, 5.41) is 21.7. The van der Waals surface area contributed by atoms with Gasteiger partial charge in [-0.05, 0) is 40.9 Å². The van der Waals surface area contributed by atoms with Gasteiger partial charge in [0.15, 0.2) is 5.76 Å². The number of urea groups is 1. The van der Waals surface area contributed by atoms with Crippen LogP contribution in [0, 0.1) is 13.8 Å². The van der Waals surface area contributed by atoms with Crippen molar-refractivity contribution in [2.45, 2.75) is 44.9 Å². The summed E-state index contributed by atoms with van der Waals surface area (Å²) in [5.41, 5.74) is 1.08. The molecule has 0 saturated carbocycles. The van der Waals surface area contributed by atoms with Crippen molar-refractivity contribution in [3.8, 4) is 0 Å². The van der Waals surface area contributed by atoms with Crippen LogP contribution in [0.2, 0.25) is 0 Å². The Hall–Kier alpha value is -2.43. The topological polar surface area (TPSA) is 129 Å². The molecule has 2 heterocycles. The molecule has 29 heavy (non-hydrogen) atoms. The monoisotopic (exact) mass is 409 g/mol. The fraction of sp³-hybridized carbons (Fsp3) is 0.632. The summed E-state index contributed by atoms with van der Waals surface area (Å²) in [6.07, 6.45) is 3.39. The lowest BCUT2D eigenvalue weighted by Crippen LogP contribution is -2.50. The molecule has 10 heteroatoms. The lowest BCUT2D eigenvalue weighted by atomic mass is 10.0. The molecule has 10 nitrogen and oxygen atoms in total. The average Bonchev–Trinajstić information content (AvgIpc) is 2.98. The van der Waals surface area contributed by atoms with Crippen LogP contribution < -0.4 is 16.0 Å². The highest BCUT2D eigenvalue weighted by atomic mass is 16.5. The van der Waals surface area contributed by atoms with Crippen LogP contribution in [0.5, 0.6) is 0 Å². The number of anilines is 1. The van der Waals surface area contributed by atoms with E-state index in [0.717, 1.165) is 13.0 Å². The minimum Gasteiger partial charge on any atom is -0.394 e. The zero-order valence-electron chi connectivity index (χ0n) is 17.4. The van der Waals surface area contributed by atoms with Gasteiger partial charge < -0.3 is 35.2 Å². The number of carbonyl (C=O) groups is 2. The van der Waals surface area contributed by atoms with Gasteiger partial charge in [-0.2, -0.15) is 0 Å². The number of nitrogens with zero attached hydrogens (tertiary/aromatic N) is 2. The molecule has 0 aromatic carbocycles. The molecule has 1 aromatic rings. The molecular formula is C19H31N5O5. The molecule has 0 fully saturated rings. The lowest BCUT2D eigenvalue weighted by Gasteiger charge is -2.31. The van der Waals surface area contributed by atoms with Gasteiger partial charge in [0, 0.05) is 6.54 Å². The second kappa shape index (κ2) is 10.9. The molecule has 0 saturated heterocycles. The van der Waals surface area contributed by atoms with E-state index < -0.39 is 24.3 Å². The van der Waals surface area contributed by atoms with Crippen molar-refractivity contribution in [2.75, 3.05) is 39.1 Å². The number of hydrogen-bond acceptors (Lipinski definition) is 7. The van der Waals surface area contributed by atoms with Crippen molar-refractivity contribution in [3.05, 3.63) is 23.6 Å². The van der Waals surface area contributed by atoms with Crippen molar-refractivity contribution < 1.29 is 24.0 Å². The summed E-state index contributed by atoms with van der Waals surface area (Å²) in [4.78, 5) is 26.4. The molecular weight excluding hydrogens is 378 g/mol. The standard InChI is InChI=1S/C19H31N5O5/c1-12-18(13(2)29-23-12)22-19(27)21-15-7-6-14(28-16(15)11-25)10-17(26)20-8-5-9-24(3)4/h6-7,14-16,25H,5,8-11H2,1-4H3,(H,20,26)(H2,21,22,27)/t14-,15+,16-/m1/s1. The van der Waals surface area contributed by atoms with E-state index in [1.54, 1.807) is 26.0 Å². The van der Waals surface area contributed by atoms with Gasteiger partial charge >= 0.3 is 6.03 Å². The first-order valence-electron chi connectivity index (χ1n) is 9.66. The summed E-state index contributed by atoms with van der Waals surface area (Å²) >= 11 is 0. The van der Waals surface area contributed by atoms with Gasteiger partial charge in [0.05, 0.1) is 25.2 Å². The van der Waals surface area contributed by atoms with E-state index in [-0.39, 0.29) is 18.9 Å². The van der Waals surface area contributed by atoms with Crippen LogP contribution in [-0.4, -0.2) is 79.1 Å². The molecule has 1 aromatic heterocycles. The summed E-state index contributed by atoms with van der Waals surface area (Å²) in [5.74, 6) is 0.390. The van der Waals surface area contributed by atoms with Crippen LogP contribution in [0.15, 0.2) is 16.7 Å². The van der Waals surface area contributed by atoms with E-state index in [1.165, 1.54) is 0 Å². The zero-order valence-corrected chi connectivity index (χ0v) is 17.4. The number of nitrogens with one attached hydrogen (secondary N) is 3. The van der Waals surface area contributed by atoms with Crippen LogP contribution in [0.4, 0.5) is 10.5 Å². The van der Waals surface area contributed by atoms with E-state index >= 15 is 0 Å². The first-order valence-corrected chi connectivity index (χ1v) is 9.66. The third kappa shape index (κ3) is 7.15. The number of aromatic nitrogens is 1. The van der Waals surface area contributed by atoms with E-state index in [9.17, 15) is 14.7 Å². The first kappa shape index (κ1) is 22.9. The maximum Gasteiger partial charge on any atom is 0.319 e.